The second-order valence-electron chi connectivity index (χ2n) is 4.58. The third kappa shape index (κ3) is 4.03. The number of rotatable bonds is 5. The third-order valence-corrected chi connectivity index (χ3v) is 3.13. The highest BCUT2D eigenvalue weighted by molar-refractivity contribution is 5.92. The number of anilines is 1. The van der Waals surface area contributed by atoms with Crippen LogP contribution in [0.5, 0.6) is 0 Å². The molecule has 2 rings (SSSR count). The molecule has 0 unspecified atom stereocenters. The summed E-state index contributed by atoms with van der Waals surface area (Å²) < 4.78 is 0. The molecule has 19 heavy (non-hydrogen) atoms. The average Bonchev–Trinajstić information content (AvgIpc) is 2.90. The zero-order valence-electron chi connectivity index (χ0n) is 10.6. The molecule has 0 aliphatic carbocycles. The Labute approximate surface area is 111 Å². The minimum absolute atomic E-state index is 0.116. The summed E-state index contributed by atoms with van der Waals surface area (Å²) in [6.07, 6.45) is 4.17. The number of carbonyl (C=O) groups excluding carboxylic acids is 1. The quantitative estimate of drug-likeness (QED) is 0.834. The van der Waals surface area contributed by atoms with Crippen molar-refractivity contribution in [2.24, 2.45) is 0 Å². The van der Waals surface area contributed by atoms with E-state index in [9.17, 15) is 9.59 Å². The van der Waals surface area contributed by atoms with Gasteiger partial charge in [-0.15, -0.1) is 0 Å². The van der Waals surface area contributed by atoms with Gasteiger partial charge < -0.3 is 15.3 Å². The van der Waals surface area contributed by atoms with Crippen molar-refractivity contribution in [2.75, 3.05) is 25.0 Å². The Hall–Kier alpha value is -1.95. The number of carboxylic acids is 1. The topological polar surface area (TPSA) is 82.5 Å². The van der Waals surface area contributed by atoms with Crippen molar-refractivity contribution in [3.05, 3.63) is 23.9 Å². The summed E-state index contributed by atoms with van der Waals surface area (Å²) in [5.41, 5.74) is 0.116. The summed E-state index contributed by atoms with van der Waals surface area (Å²) in [6, 6.07) is 2.75. The number of hydrogen-bond donors (Lipinski definition) is 2. The minimum Gasteiger partial charge on any atom is -0.478 e. The Morgan fingerprint density at radius 1 is 1.37 bits per heavy atom. The highest BCUT2D eigenvalue weighted by atomic mass is 16.4. The molecule has 6 heteroatoms. The standard InChI is InChI=1S/C13H17N3O3/c17-12(4-8-16-6-1-2-7-16)15-11-9-10(13(18)19)3-5-14-11/h3,5,9H,1-2,4,6-8H2,(H,18,19)(H,14,15,17). The van der Waals surface area contributed by atoms with Gasteiger partial charge in [0.2, 0.25) is 5.91 Å². The molecule has 1 saturated heterocycles. The molecule has 1 aliphatic heterocycles. The van der Waals surface area contributed by atoms with Crippen molar-refractivity contribution in [1.29, 1.82) is 0 Å². The van der Waals surface area contributed by atoms with Gasteiger partial charge >= 0.3 is 5.97 Å². The predicted octanol–water partition coefficient (Wildman–Crippen LogP) is 1.20. The molecule has 0 spiro atoms. The number of nitrogens with one attached hydrogen (secondary N) is 1. The van der Waals surface area contributed by atoms with E-state index in [4.69, 9.17) is 5.11 Å². The van der Waals surface area contributed by atoms with E-state index in [0.29, 0.717) is 6.42 Å². The molecule has 1 amide bonds. The Kier molecular flexibility index (Phi) is 4.46. The average molecular weight is 263 g/mol. The van der Waals surface area contributed by atoms with E-state index >= 15 is 0 Å². The van der Waals surface area contributed by atoms with E-state index in [-0.39, 0.29) is 17.3 Å². The van der Waals surface area contributed by atoms with Crippen LogP contribution in [0.3, 0.4) is 0 Å². The van der Waals surface area contributed by atoms with Crippen molar-refractivity contribution in [1.82, 2.24) is 9.88 Å². The number of aromatic nitrogens is 1. The normalized spacial score (nSPS) is 15.4. The fraction of sp³-hybridized carbons (Fsp3) is 0.462. The minimum atomic E-state index is -1.03. The summed E-state index contributed by atoms with van der Waals surface area (Å²) in [5, 5.41) is 11.5. The first kappa shape index (κ1) is 13.5. The number of carbonyl (C=O) groups is 2. The maximum Gasteiger partial charge on any atom is 0.335 e. The lowest BCUT2D eigenvalue weighted by Gasteiger charge is -2.13. The molecule has 0 bridgehead atoms. The first-order chi connectivity index (χ1) is 9.15. The second-order valence-corrected chi connectivity index (χ2v) is 4.58. The van der Waals surface area contributed by atoms with E-state index in [1.165, 1.54) is 31.2 Å². The van der Waals surface area contributed by atoms with E-state index in [1.807, 2.05) is 0 Å². The molecule has 0 atom stereocenters. The zero-order chi connectivity index (χ0) is 13.7. The maximum atomic E-state index is 11.7. The van der Waals surface area contributed by atoms with Gasteiger partial charge in [-0.05, 0) is 38.1 Å². The van der Waals surface area contributed by atoms with Crippen molar-refractivity contribution in [3.8, 4) is 0 Å². The Morgan fingerprint density at radius 2 is 2.11 bits per heavy atom. The van der Waals surface area contributed by atoms with Crippen molar-refractivity contribution >= 4 is 17.7 Å². The number of carboxylic acid groups (broad SMARTS) is 1. The molecular formula is C13H17N3O3. The highest BCUT2D eigenvalue weighted by Gasteiger charge is 2.13. The Morgan fingerprint density at radius 3 is 2.79 bits per heavy atom. The van der Waals surface area contributed by atoms with Crippen LogP contribution in [0.1, 0.15) is 29.6 Å². The largest absolute Gasteiger partial charge is 0.478 e. The van der Waals surface area contributed by atoms with Crippen LogP contribution in [-0.4, -0.2) is 46.5 Å². The van der Waals surface area contributed by atoms with E-state index in [0.717, 1.165) is 19.6 Å². The lowest BCUT2D eigenvalue weighted by atomic mass is 10.2. The van der Waals surface area contributed by atoms with Crippen LogP contribution in [0, 0.1) is 0 Å². The number of aromatic carboxylic acids is 1. The third-order valence-electron chi connectivity index (χ3n) is 3.13. The molecule has 2 heterocycles. The van der Waals surface area contributed by atoms with E-state index in [2.05, 4.69) is 15.2 Å². The number of likely N-dealkylation sites (tertiary alicyclic amines) is 1. The van der Waals surface area contributed by atoms with Gasteiger partial charge in [-0.25, -0.2) is 9.78 Å². The fourth-order valence-corrected chi connectivity index (χ4v) is 2.10. The molecule has 2 N–H and O–H groups in total. The summed E-state index contributed by atoms with van der Waals surface area (Å²) >= 11 is 0. The van der Waals surface area contributed by atoms with Gasteiger partial charge in [0.15, 0.2) is 0 Å². The number of nitrogens with zero attached hydrogens (tertiary/aromatic N) is 2. The SMILES string of the molecule is O=C(CCN1CCCC1)Nc1cc(C(=O)O)ccn1. The first-order valence-electron chi connectivity index (χ1n) is 6.37. The fourth-order valence-electron chi connectivity index (χ4n) is 2.10. The van der Waals surface area contributed by atoms with Gasteiger partial charge in [0.25, 0.3) is 0 Å². The summed E-state index contributed by atoms with van der Waals surface area (Å²) in [5.74, 6) is -0.886. The number of hydrogen-bond acceptors (Lipinski definition) is 4. The lowest BCUT2D eigenvalue weighted by molar-refractivity contribution is -0.116. The van der Waals surface area contributed by atoms with E-state index in [1.54, 1.807) is 0 Å². The van der Waals surface area contributed by atoms with Gasteiger partial charge in [-0.1, -0.05) is 0 Å². The molecule has 102 valence electrons. The highest BCUT2D eigenvalue weighted by Crippen LogP contribution is 2.09. The van der Waals surface area contributed by atoms with Crippen LogP contribution in [-0.2, 0) is 4.79 Å². The van der Waals surface area contributed by atoms with Crippen LogP contribution in [0.2, 0.25) is 0 Å². The predicted molar refractivity (Wildman–Crippen MR) is 70.1 cm³/mol. The molecule has 0 radical (unpaired) electrons. The summed E-state index contributed by atoms with van der Waals surface area (Å²) in [6.45, 7) is 2.85. The lowest BCUT2D eigenvalue weighted by Crippen LogP contribution is -2.25. The van der Waals surface area contributed by atoms with Gasteiger partial charge in [0, 0.05) is 19.2 Å². The van der Waals surface area contributed by atoms with Crippen molar-refractivity contribution in [2.45, 2.75) is 19.3 Å². The molecule has 1 aliphatic rings. The van der Waals surface area contributed by atoms with Crippen molar-refractivity contribution < 1.29 is 14.7 Å². The second kappa shape index (κ2) is 6.29. The van der Waals surface area contributed by atoms with Gasteiger partial charge in [0.1, 0.15) is 5.82 Å². The summed E-state index contributed by atoms with van der Waals surface area (Å²) in [7, 11) is 0. The first-order valence-corrected chi connectivity index (χ1v) is 6.37. The van der Waals surface area contributed by atoms with Gasteiger partial charge in [-0.2, -0.15) is 0 Å². The monoisotopic (exact) mass is 263 g/mol. The smallest absolute Gasteiger partial charge is 0.335 e. The zero-order valence-corrected chi connectivity index (χ0v) is 10.6. The van der Waals surface area contributed by atoms with Crippen LogP contribution in [0.15, 0.2) is 18.3 Å². The Balaban J connectivity index is 1.84. The van der Waals surface area contributed by atoms with Crippen LogP contribution in [0.25, 0.3) is 0 Å². The number of amides is 1. The molecule has 0 aromatic carbocycles. The van der Waals surface area contributed by atoms with Gasteiger partial charge in [-0.3, -0.25) is 4.79 Å². The van der Waals surface area contributed by atoms with Crippen LogP contribution in [0.4, 0.5) is 5.82 Å². The van der Waals surface area contributed by atoms with Crippen LogP contribution >= 0.6 is 0 Å². The van der Waals surface area contributed by atoms with Crippen molar-refractivity contribution in [3.63, 3.8) is 0 Å². The Bertz CT molecular complexity index is 470. The van der Waals surface area contributed by atoms with E-state index < -0.39 is 5.97 Å². The van der Waals surface area contributed by atoms with Gasteiger partial charge in [0.05, 0.1) is 5.56 Å². The molecule has 6 nitrogen and oxygen atoms in total. The molecule has 1 aromatic heterocycles. The molecular weight excluding hydrogens is 246 g/mol. The molecule has 0 saturated carbocycles. The summed E-state index contributed by atoms with van der Waals surface area (Å²) in [4.78, 5) is 28.7. The van der Waals surface area contributed by atoms with Crippen LogP contribution < -0.4 is 5.32 Å². The number of pyridine rings is 1. The molecule has 1 aromatic rings. The molecule has 1 fully saturated rings. The maximum absolute atomic E-state index is 11.7.